The lowest BCUT2D eigenvalue weighted by Crippen LogP contribution is -2.28. The molecule has 2 aliphatic heterocycles. The van der Waals surface area contributed by atoms with Gasteiger partial charge in [0.05, 0.1) is 57.3 Å². The quantitative estimate of drug-likeness (QED) is 0.118. The highest BCUT2D eigenvalue weighted by molar-refractivity contribution is 5.86. The van der Waals surface area contributed by atoms with E-state index in [4.69, 9.17) is 28.4 Å². The van der Waals surface area contributed by atoms with Gasteiger partial charge in [0.2, 0.25) is 0 Å². The molecule has 2 saturated heterocycles. The molecule has 6 nitrogen and oxygen atoms in total. The molecule has 0 bridgehead atoms. The second kappa shape index (κ2) is 26.5. The van der Waals surface area contributed by atoms with Crippen molar-refractivity contribution in [3.8, 4) is 11.1 Å². The van der Waals surface area contributed by atoms with Gasteiger partial charge in [-0.15, -0.1) is 0 Å². The van der Waals surface area contributed by atoms with Crippen LogP contribution in [0.2, 0.25) is 0 Å². The minimum Gasteiger partial charge on any atom is -0.382 e. The summed E-state index contributed by atoms with van der Waals surface area (Å²) in [5, 5.41) is 0. The minimum atomic E-state index is -0.254. The number of hydrogen-bond acceptors (Lipinski definition) is 6. The van der Waals surface area contributed by atoms with E-state index in [-0.39, 0.29) is 28.8 Å². The largest absolute Gasteiger partial charge is 0.382 e. The lowest BCUT2D eigenvalue weighted by atomic mass is 9.68. The average molecular weight is 759 g/mol. The van der Waals surface area contributed by atoms with E-state index in [1.54, 1.807) is 14.2 Å². The summed E-state index contributed by atoms with van der Waals surface area (Å²) >= 11 is 0. The second-order valence-electron chi connectivity index (χ2n) is 13.2. The van der Waals surface area contributed by atoms with Crippen LogP contribution in [0.15, 0.2) is 109 Å². The summed E-state index contributed by atoms with van der Waals surface area (Å²) in [6.07, 6.45) is 0.335. The van der Waals surface area contributed by atoms with Gasteiger partial charge in [-0.1, -0.05) is 165 Å². The zero-order valence-electron chi connectivity index (χ0n) is 36.7. The first-order valence-corrected chi connectivity index (χ1v) is 20.5. The number of ether oxygens (including phenoxy) is 6. The first kappa shape index (κ1) is 49.7. The maximum atomic E-state index is 5.46. The summed E-state index contributed by atoms with van der Waals surface area (Å²) in [6, 6.07) is 39.5. The summed E-state index contributed by atoms with van der Waals surface area (Å²) in [5.41, 5.74) is 7.80. The third-order valence-corrected chi connectivity index (χ3v) is 8.79. The highest BCUT2D eigenvalue weighted by atomic mass is 16.6. The van der Waals surface area contributed by atoms with E-state index in [1.165, 1.54) is 33.4 Å². The Labute approximate surface area is 335 Å². The molecule has 0 saturated carbocycles. The van der Waals surface area contributed by atoms with E-state index >= 15 is 0 Å². The normalized spacial score (nSPS) is 19.5. The van der Waals surface area contributed by atoms with Gasteiger partial charge in [0.1, 0.15) is 11.2 Å². The molecule has 6 heteroatoms. The molecule has 2 heterocycles. The Kier molecular flexibility index (Phi) is 23.9. The van der Waals surface area contributed by atoms with Crippen LogP contribution in [-0.4, -0.2) is 77.3 Å². The Morgan fingerprint density at radius 3 is 1.07 bits per heavy atom. The highest BCUT2D eigenvalue weighted by Crippen LogP contribution is 2.55. The third-order valence-electron chi connectivity index (χ3n) is 8.79. The van der Waals surface area contributed by atoms with Crippen LogP contribution in [0.1, 0.15) is 105 Å². The van der Waals surface area contributed by atoms with E-state index in [1.807, 2.05) is 83.1 Å². The summed E-state index contributed by atoms with van der Waals surface area (Å²) < 4.78 is 31.1. The molecule has 3 aliphatic rings. The molecule has 4 atom stereocenters. The highest BCUT2D eigenvalue weighted by Gasteiger charge is 2.45. The molecule has 7 rings (SSSR count). The van der Waals surface area contributed by atoms with Gasteiger partial charge in [0, 0.05) is 14.2 Å². The molecule has 2 fully saturated rings. The molecule has 0 aromatic heterocycles. The minimum absolute atomic E-state index is 0.00199. The van der Waals surface area contributed by atoms with Crippen LogP contribution in [0.3, 0.4) is 0 Å². The fourth-order valence-corrected chi connectivity index (χ4v) is 6.02. The fraction of sp³-hybridized carbons (Fsp3) is 0.510. The monoisotopic (exact) mass is 759 g/mol. The van der Waals surface area contributed by atoms with Crippen molar-refractivity contribution in [2.75, 3.05) is 53.9 Å². The molecular weight excluding hydrogens is 685 g/mol. The Morgan fingerprint density at radius 2 is 0.782 bits per heavy atom. The van der Waals surface area contributed by atoms with Crippen molar-refractivity contribution in [1.29, 1.82) is 0 Å². The number of rotatable bonds is 12. The van der Waals surface area contributed by atoms with E-state index in [2.05, 4.69) is 109 Å². The molecule has 4 aromatic rings. The van der Waals surface area contributed by atoms with E-state index in [0.29, 0.717) is 26.4 Å². The van der Waals surface area contributed by atoms with Gasteiger partial charge in [-0.25, -0.2) is 0 Å². The Morgan fingerprint density at radius 1 is 0.491 bits per heavy atom. The molecule has 0 spiro atoms. The van der Waals surface area contributed by atoms with Crippen molar-refractivity contribution in [2.24, 2.45) is 0 Å². The summed E-state index contributed by atoms with van der Waals surface area (Å²) in [6.45, 7) is 28.4. The molecule has 0 radical (unpaired) electrons. The number of epoxide rings is 2. The molecular formula is C49H74O6. The number of hydrogen-bond donors (Lipinski definition) is 0. The Bertz CT molecular complexity index is 1410. The lowest BCUT2D eigenvalue weighted by molar-refractivity contribution is -0.0109. The number of fused-ring (bicyclic) bond motifs is 3. The van der Waals surface area contributed by atoms with Crippen LogP contribution in [0.5, 0.6) is 0 Å². The zero-order chi connectivity index (χ0) is 41.3. The van der Waals surface area contributed by atoms with Crippen LogP contribution in [0.4, 0.5) is 0 Å². The van der Waals surface area contributed by atoms with Gasteiger partial charge in [0.15, 0.2) is 0 Å². The van der Waals surface area contributed by atoms with Crippen molar-refractivity contribution in [1.82, 2.24) is 0 Å². The molecule has 4 unspecified atom stereocenters. The Balaban J connectivity index is 0.000000424. The van der Waals surface area contributed by atoms with Crippen molar-refractivity contribution in [3.05, 3.63) is 131 Å². The maximum Gasteiger partial charge on any atom is 0.112 e. The summed E-state index contributed by atoms with van der Waals surface area (Å²) in [5.74, 6) is 0. The van der Waals surface area contributed by atoms with Crippen LogP contribution >= 0.6 is 0 Å². The predicted octanol–water partition coefficient (Wildman–Crippen LogP) is 11.8. The smallest absolute Gasteiger partial charge is 0.112 e. The molecule has 4 aromatic carbocycles. The molecule has 0 amide bonds. The van der Waals surface area contributed by atoms with Crippen LogP contribution in [-0.2, 0) is 33.8 Å². The lowest BCUT2D eigenvalue weighted by Gasteiger charge is -2.33. The van der Waals surface area contributed by atoms with E-state index in [0.717, 1.165) is 13.2 Å². The van der Waals surface area contributed by atoms with E-state index in [9.17, 15) is 0 Å². The summed E-state index contributed by atoms with van der Waals surface area (Å²) in [4.78, 5) is 0. The topological polar surface area (TPSA) is 62.0 Å². The standard InChI is InChI=1S/C25H18.2C8H16O3.4C2H6/c1-3-11-19(12-4-1)25(20-13-5-2-6-14-20)23-17-9-7-15-21(23)22-16-8-10-18-24(22)25;2*1-7(4-9-3)10-5-8(2)6-11-8;4*1-2/h1-18H;2*7H,4-6H2,1-3H3;4*1-2H3. The molecule has 55 heavy (non-hydrogen) atoms. The average Bonchev–Trinajstić information content (AvgIpc) is 4.17. The second-order valence-corrected chi connectivity index (χ2v) is 13.2. The predicted molar refractivity (Wildman–Crippen MR) is 232 cm³/mol. The van der Waals surface area contributed by atoms with Gasteiger partial charge in [-0.2, -0.15) is 0 Å². The van der Waals surface area contributed by atoms with Gasteiger partial charge in [-0.05, 0) is 61.1 Å². The van der Waals surface area contributed by atoms with Crippen LogP contribution < -0.4 is 0 Å². The molecule has 1 aliphatic carbocycles. The third kappa shape index (κ3) is 14.6. The molecule has 0 N–H and O–H groups in total. The zero-order valence-corrected chi connectivity index (χ0v) is 36.7. The fourth-order valence-electron chi connectivity index (χ4n) is 6.02. The SMILES string of the molecule is CC.CC.CC.CC.COCC(C)OCC1(C)CO1.COCC(C)OCC1(C)CO1.c1ccc(C2(c3ccccc3)c3ccccc3-c3ccccc32)cc1. The first-order valence-electron chi connectivity index (χ1n) is 20.5. The van der Waals surface area contributed by atoms with Crippen LogP contribution in [0, 0.1) is 0 Å². The van der Waals surface area contributed by atoms with Crippen molar-refractivity contribution >= 4 is 0 Å². The molecule has 306 valence electrons. The van der Waals surface area contributed by atoms with Crippen LogP contribution in [0.25, 0.3) is 11.1 Å². The van der Waals surface area contributed by atoms with Gasteiger partial charge in [-0.3, -0.25) is 0 Å². The maximum absolute atomic E-state index is 5.46. The van der Waals surface area contributed by atoms with E-state index < -0.39 is 0 Å². The van der Waals surface area contributed by atoms with Crippen molar-refractivity contribution in [3.63, 3.8) is 0 Å². The summed E-state index contributed by atoms with van der Waals surface area (Å²) in [7, 11) is 3.35. The first-order chi connectivity index (χ1) is 26.7. The van der Waals surface area contributed by atoms with Gasteiger partial charge in [0.25, 0.3) is 0 Å². The van der Waals surface area contributed by atoms with Gasteiger partial charge < -0.3 is 28.4 Å². The van der Waals surface area contributed by atoms with Crippen molar-refractivity contribution < 1.29 is 28.4 Å². The van der Waals surface area contributed by atoms with Gasteiger partial charge >= 0.3 is 0 Å². The number of methoxy groups -OCH3 is 2. The number of benzene rings is 4. The van der Waals surface area contributed by atoms with Crippen molar-refractivity contribution in [2.45, 2.75) is 112 Å². The Hall–Kier alpha value is -3.36.